The van der Waals surface area contributed by atoms with E-state index in [9.17, 15) is 13.5 Å². The Morgan fingerprint density at radius 3 is 2.35 bits per heavy atom. The maximum Gasteiger partial charge on any atom is 0.338 e. The quantitative estimate of drug-likeness (QED) is 0.170. The molecule has 0 amide bonds. The van der Waals surface area contributed by atoms with E-state index in [4.69, 9.17) is 17.0 Å². The molecular formula is C39H42BNO4S. The zero-order valence-electron chi connectivity index (χ0n) is 27.7. The van der Waals surface area contributed by atoms with Crippen molar-refractivity contribution in [3.8, 4) is 22.8 Å². The van der Waals surface area contributed by atoms with Crippen molar-refractivity contribution in [2.75, 3.05) is 0 Å². The van der Waals surface area contributed by atoms with Crippen molar-refractivity contribution < 1.29 is 17.7 Å². The molecule has 7 heteroatoms. The van der Waals surface area contributed by atoms with Crippen molar-refractivity contribution in [3.63, 3.8) is 0 Å². The van der Waals surface area contributed by atoms with E-state index in [1.54, 1.807) is 24.4 Å². The van der Waals surface area contributed by atoms with Gasteiger partial charge in [-0.2, -0.15) is 8.42 Å². The van der Waals surface area contributed by atoms with Gasteiger partial charge in [0.05, 0.1) is 11.1 Å². The number of pyridine rings is 1. The number of phenolic OH excluding ortho intramolecular Hbond substituents is 1. The normalized spacial score (nSPS) is 15.5. The predicted molar refractivity (Wildman–Crippen MR) is 191 cm³/mol. The number of phenols is 1. The molecule has 0 saturated carbocycles. The maximum atomic E-state index is 13.6. The van der Waals surface area contributed by atoms with Crippen molar-refractivity contribution in [1.29, 1.82) is 0 Å². The van der Waals surface area contributed by atoms with Crippen molar-refractivity contribution in [3.05, 3.63) is 94.1 Å². The summed E-state index contributed by atoms with van der Waals surface area (Å²) in [6, 6.07) is 12.1. The van der Waals surface area contributed by atoms with Crippen LogP contribution in [-0.2, 0) is 29.4 Å². The highest BCUT2D eigenvalue weighted by Gasteiger charge is 2.28. The minimum Gasteiger partial charge on any atom is -0.507 e. The van der Waals surface area contributed by atoms with Crippen molar-refractivity contribution in [2.24, 2.45) is 10.8 Å². The summed E-state index contributed by atoms with van der Waals surface area (Å²) in [6.07, 6.45) is 13.3. The van der Waals surface area contributed by atoms with E-state index < -0.39 is 10.1 Å². The molecule has 6 rings (SSSR count). The summed E-state index contributed by atoms with van der Waals surface area (Å²) in [4.78, 5) is 4.96. The van der Waals surface area contributed by atoms with E-state index in [1.165, 1.54) is 5.56 Å². The molecule has 1 aromatic heterocycles. The summed E-state index contributed by atoms with van der Waals surface area (Å²) >= 11 is 0. The van der Waals surface area contributed by atoms with Crippen LogP contribution in [0, 0.1) is 10.8 Å². The van der Waals surface area contributed by atoms with Gasteiger partial charge in [-0.25, -0.2) is 0 Å². The molecule has 0 spiro atoms. The lowest BCUT2D eigenvalue weighted by atomic mass is 9.78. The second kappa shape index (κ2) is 11.8. The monoisotopic (exact) mass is 631 g/mol. The average Bonchev–Trinajstić information content (AvgIpc) is 2.97. The summed E-state index contributed by atoms with van der Waals surface area (Å²) in [6.45, 7) is 13.1. The van der Waals surface area contributed by atoms with Crippen LogP contribution in [0.15, 0.2) is 71.8 Å². The average molecular weight is 632 g/mol. The molecule has 0 unspecified atom stereocenters. The lowest BCUT2D eigenvalue weighted by molar-refractivity contribution is 0.397. The van der Waals surface area contributed by atoms with Crippen LogP contribution in [0.3, 0.4) is 0 Å². The van der Waals surface area contributed by atoms with Gasteiger partial charge in [0.25, 0.3) is 0 Å². The number of hydrogen-bond donors (Lipinski definition) is 1. The van der Waals surface area contributed by atoms with Crippen LogP contribution in [0.2, 0.25) is 0 Å². The van der Waals surface area contributed by atoms with Gasteiger partial charge in [0, 0.05) is 17.3 Å². The van der Waals surface area contributed by atoms with Crippen molar-refractivity contribution >= 4 is 45.0 Å². The molecule has 2 aliphatic carbocycles. The third-order valence-corrected chi connectivity index (χ3v) is 9.90. The molecule has 0 fully saturated rings. The van der Waals surface area contributed by atoms with Crippen LogP contribution in [-0.4, -0.2) is 26.4 Å². The lowest BCUT2D eigenvalue weighted by Crippen LogP contribution is -2.13. The SMILES string of the molecule is [B]C1=CCCc2c1cc(OS(=O)(=O)C1=CCCC=C1)c1c(-c3cc4cc(CC(C)(C)C)ccc4c(CC(C)(C)C)c3O)nccc21. The Hall–Kier alpha value is -3.84. The Kier molecular flexibility index (Phi) is 8.21. The fourth-order valence-electron chi connectivity index (χ4n) is 6.75. The van der Waals surface area contributed by atoms with Crippen LogP contribution < -0.4 is 4.18 Å². The Balaban J connectivity index is 1.65. The Morgan fingerprint density at radius 2 is 1.65 bits per heavy atom. The molecule has 46 heavy (non-hydrogen) atoms. The molecule has 4 aromatic rings. The van der Waals surface area contributed by atoms with Gasteiger partial charge in [0.1, 0.15) is 18.5 Å². The van der Waals surface area contributed by atoms with E-state index >= 15 is 0 Å². The van der Waals surface area contributed by atoms with Gasteiger partial charge >= 0.3 is 10.1 Å². The zero-order chi connectivity index (χ0) is 33.0. The number of nitrogens with zero attached hydrogens (tertiary/aromatic N) is 1. The highest BCUT2D eigenvalue weighted by Crippen LogP contribution is 2.47. The second-order valence-corrected chi connectivity index (χ2v) is 16.6. The van der Waals surface area contributed by atoms with Gasteiger partial charge in [0.15, 0.2) is 5.75 Å². The third kappa shape index (κ3) is 6.39. The largest absolute Gasteiger partial charge is 0.507 e. The topological polar surface area (TPSA) is 76.5 Å². The van der Waals surface area contributed by atoms with E-state index in [0.29, 0.717) is 35.0 Å². The Labute approximate surface area is 274 Å². The summed E-state index contributed by atoms with van der Waals surface area (Å²) in [5, 5.41) is 15.4. The van der Waals surface area contributed by atoms with Gasteiger partial charge in [-0.1, -0.05) is 83.4 Å². The number of benzene rings is 3. The summed E-state index contributed by atoms with van der Waals surface area (Å²) in [5.74, 6) is 0.295. The molecule has 0 aliphatic heterocycles. The maximum absolute atomic E-state index is 13.6. The molecule has 0 bridgehead atoms. The molecular weight excluding hydrogens is 589 g/mol. The number of hydrogen-bond acceptors (Lipinski definition) is 5. The smallest absolute Gasteiger partial charge is 0.338 e. The Bertz CT molecular complexity index is 2080. The molecule has 3 aromatic carbocycles. The minimum atomic E-state index is -4.15. The first-order valence-electron chi connectivity index (χ1n) is 16.1. The zero-order valence-corrected chi connectivity index (χ0v) is 28.5. The fourth-order valence-corrected chi connectivity index (χ4v) is 7.80. The Morgan fingerprint density at radius 1 is 0.891 bits per heavy atom. The molecule has 1 heterocycles. The summed E-state index contributed by atoms with van der Waals surface area (Å²) in [7, 11) is 2.32. The highest BCUT2D eigenvalue weighted by atomic mass is 32.2. The predicted octanol–water partition coefficient (Wildman–Crippen LogP) is 9.34. The van der Waals surface area contributed by atoms with Crippen LogP contribution in [0.5, 0.6) is 11.5 Å². The minimum absolute atomic E-state index is 0.105. The van der Waals surface area contributed by atoms with E-state index in [2.05, 4.69) is 59.7 Å². The van der Waals surface area contributed by atoms with Crippen molar-refractivity contribution in [2.45, 2.75) is 80.1 Å². The van der Waals surface area contributed by atoms with E-state index in [-0.39, 0.29) is 27.2 Å². The third-order valence-electron chi connectivity index (χ3n) is 8.62. The molecule has 0 saturated heterocycles. The van der Waals surface area contributed by atoms with Gasteiger partial charge in [-0.15, -0.1) is 0 Å². The van der Waals surface area contributed by atoms with Crippen LogP contribution in [0.25, 0.3) is 38.3 Å². The molecule has 2 radical (unpaired) electrons. The number of aromatic hydroxyl groups is 1. The number of rotatable bonds is 6. The first-order chi connectivity index (χ1) is 21.6. The van der Waals surface area contributed by atoms with Crippen LogP contribution in [0.4, 0.5) is 0 Å². The van der Waals surface area contributed by atoms with E-state index in [0.717, 1.165) is 58.5 Å². The lowest BCUT2D eigenvalue weighted by Gasteiger charge is -2.24. The number of fused-ring (bicyclic) bond motifs is 4. The summed E-state index contributed by atoms with van der Waals surface area (Å²) < 4.78 is 33.3. The van der Waals surface area contributed by atoms with Gasteiger partial charge in [-0.05, 0) is 106 Å². The van der Waals surface area contributed by atoms with Crippen LogP contribution >= 0.6 is 0 Å². The summed E-state index contributed by atoms with van der Waals surface area (Å²) in [5.41, 5.74) is 5.45. The first kappa shape index (κ1) is 32.1. The molecule has 0 atom stereocenters. The molecule has 2 aliphatic rings. The number of aromatic nitrogens is 1. The van der Waals surface area contributed by atoms with Gasteiger partial charge in [-0.3, -0.25) is 4.98 Å². The van der Waals surface area contributed by atoms with Gasteiger partial charge < -0.3 is 9.29 Å². The molecule has 1 N–H and O–H groups in total. The number of aryl methyl sites for hydroxylation is 1. The highest BCUT2D eigenvalue weighted by molar-refractivity contribution is 7.91. The fraction of sp³-hybridized carbons (Fsp3) is 0.359. The first-order valence-corrected chi connectivity index (χ1v) is 17.5. The van der Waals surface area contributed by atoms with Crippen molar-refractivity contribution in [1.82, 2.24) is 4.98 Å². The number of allylic oxidation sites excluding steroid dienone is 4. The van der Waals surface area contributed by atoms with Gasteiger partial charge in [0.2, 0.25) is 0 Å². The van der Waals surface area contributed by atoms with Crippen LogP contribution in [0.1, 0.15) is 83.1 Å². The standard InChI is InChI=1S/C39H42BNO4S/c1-38(2,3)22-24-15-16-27-25(19-24)20-31(37(42)32(27)23-39(4,5)6)36-35-29(17-18-41-36)28-13-10-14-33(40)30(28)21-34(35)45-46(43,44)26-11-8-7-9-12-26/h8,11-12,14-21,42H,7,9-10,13,22-23H2,1-6H3. The van der Waals surface area contributed by atoms with E-state index in [1.807, 2.05) is 24.3 Å². The second-order valence-electron chi connectivity index (χ2n) is 15.1. The molecule has 236 valence electrons. The molecule has 5 nitrogen and oxygen atoms in total.